The molecule has 5 nitrogen and oxygen atoms in total. The Bertz CT molecular complexity index is 506. The molecule has 1 fully saturated rings. The molecule has 0 spiro atoms. The van der Waals surface area contributed by atoms with Crippen LogP contribution in [0.2, 0.25) is 0 Å². The molecule has 1 aromatic rings. The van der Waals surface area contributed by atoms with Gasteiger partial charge in [-0.1, -0.05) is 12.1 Å². The number of carbonyl (C=O) groups excluding carboxylic acids is 1. The molecule has 2 aliphatic heterocycles. The molecule has 3 rings (SSSR count). The summed E-state index contributed by atoms with van der Waals surface area (Å²) < 4.78 is 11.4. The van der Waals surface area contributed by atoms with Crippen LogP contribution in [0.15, 0.2) is 24.3 Å². The third-order valence-corrected chi connectivity index (χ3v) is 3.46. The van der Waals surface area contributed by atoms with E-state index in [0.717, 1.165) is 0 Å². The Morgan fingerprint density at radius 1 is 1.32 bits per heavy atom. The van der Waals surface area contributed by atoms with Crippen LogP contribution in [0.1, 0.15) is 13.8 Å². The molecule has 1 amide bonds. The molecule has 1 N–H and O–H groups in total. The molecule has 1 saturated heterocycles. The van der Waals surface area contributed by atoms with Crippen LogP contribution in [0.4, 0.5) is 0 Å². The number of benzene rings is 1. The number of rotatable bonds is 1. The Morgan fingerprint density at radius 2 is 1.89 bits per heavy atom. The van der Waals surface area contributed by atoms with Gasteiger partial charge >= 0.3 is 0 Å². The first-order valence-corrected chi connectivity index (χ1v) is 6.40. The molecule has 0 aliphatic carbocycles. The number of hydrogen-bond acceptors (Lipinski definition) is 4. The second-order valence-corrected chi connectivity index (χ2v) is 5.50. The van der Waals surface area contributed by atoms with Gasteiger partial charge in [0.1, 0.15) is 6.10 Å². The topological polar surface area (TPSA) is 59.0 Å². The van der Waals surface area contributed by atoms with Crippen molar-refractivity contribution in [3.05, 3.63) is 24.3 Å². The fraction of sp³-hybridized carbons (Fsp3) is 0.500. The van der Waals surface area contributed by atoms with E-state index in [-0.39, 0.29) is 12.0 Å². The van der Waals surface area contributed by atoms with E-state index in [0.29, 0.717) is 24.6 Å². The smallest absolute Gasteiger partial charge is 0.267 e. The van der Waals surface area contributed by atoms with Crippen molar-refractivity contribution in [2.75, 3.05) is 13.1 Å². The normalized spacial score (nSPS) is 27.6. The summed E-state index contributed by atoms with van der Waals surface area (Å²) in [6.45, 7) is 4.23. The molecule has 0 radical (unpaired) electrons. The van der Waals surface area contributed by atoms with Gasteiger partial charge in [-0.2, -0.15) is 0 Å². The lowest BCUT2D eigenvalue weighted by Crippen LogP contribution is -2.65. The number of fused-ring (bicyclic) bond motifs is 1. The van der Waals surface area contributed by atoms with Gasteiger partial charge in [0.25, 0.3) is 5.91 Å². The Hall–Kier alpha value is -1.75. The van der Waals surface area contributed by atoms with Crippen molar-refractivity contribution in [1.29, 1.82) is 0 Å². The minimum absolute atomic E-state index is 0.131. The number of ether oxygens (including phenoxy) is 2. The number of carbonyl (C=O) groups is 1. The maximum absolute atomic E-state index is 12.3. The highest BCUT2D eigenvalue weighted by Gasteiger charge is 2.45. The van der Waals surface area contributed by atoms with Gasteiger partial charge in [0.05, 0.1) is 18.7 Å². The minimum atomic E-state index is -0.771. The van der Waals surface area contributed by atoms with Crippen molar-refractivity contribution >= 4 is 5.91 Å². The highest BCUT2D eigenvalue weighted by atomic mass is 16.6. The SMILES string of the molecule is CC1Oc2ccccc2OC1C(=O)N1CC(C)(O)C1. The lowest BCUT2D eigenvalue weighted by molar-refractivity contribution is -0.164. The van der Waals surface area contributed by atoms with Gasteiger partial charge in [0.15, 0.2) is 11.5 Å². The number of amides is 1. The lowest BCUT2D eigenvalue weighted by Gasteiger charge is -2.46. The average molecular weight is 263 g/mol. The average Bonchev–Trinajstić information content (AvgIpc) is 2.34. The third kappa shape index (κ3) is 2.14. The molecule has 19 heavy (non-hydrogen) atoms. The summed E-state index contributed by atoms with van der Waals surface area (Å²) in [6, 6.07) is 7.31. The number of hydrogen-bond donors (Lipinski definition) is 1. The van der Waals surface area contributed by atoms with E-state index >= 15 is 0 Å². The van der Waals surface area contributed by atoms with Crippen molar-refractivity contribution in [3.8, 4) is 11.5 Å². The summed E-state index contributed by atoms with van der Waals surface area (Å²) in [5.74, 6) is 1.12. The summed E-state index contributed by atoms with van der Waals surface area (Å²) >= 11 is 0. The van der Waals surface area contributed by atoms with Crippen LogP contribution in [0, 0.1) is 0 Å². The van der Waals surface area contributed by atoms with E-state index in [1.165, 1.54) is 0 Å². The number of nitrogens with zero attached hydrogens (tertiary/aromatic N) is 1. The van der Waals surface area contributed by atoms with Gasteiger partial charge in [0, 0.05) is 0 Å². The molecule has 2 unspecified atom stereocenters. The van der Waals surface area contributed by atoms with E-state index in [1.54, 1.807) is 17.9 Å². The molecule has 1 aromatic carbocycles. The van der Waals surface area contributed by atoms with E-state index in [4.69, 9.17) is 9.47 Å². The summed E-state index contributed by atoms with van der Waals surface area (Å²) in [5, 5.41) is 9.69. The number of aliphatic hydroxyl groups is 1. The maximum atomic E-state index is 12.3. The monoisotopic (exact) mass is 263 g/mol. The van der Waals surface area contributed by atoms with Crippen LogP contribution in [0.5, 0.6) is 11.5 Å². The molecular weight excluding hydrogens is 246 g/mol. The van der Waals surface area contributed by atoms with Crippen LogP contribution in [0.3, 0.4) is 0 Å². The molecule has 2 atom stereocenters. The molecule has 0 bridgehead atoms. The van der Waals surface area contributed by atoms with E-state index < -0.39 is 11.7 Å². The predicted octanol–water partition coefficient (Wildman–Crippen LogP) is 0.808. The molecule has 102 valence electrons. The van der Waals surface area contributed by atoms with Crippen LogP contribution >= 0.6 is 0 Å². The minimum Gasteiger partial charge on any atom is -0.482 e. The summed E-state index contributed by atoms with van der Waals surface area (Å²) in [7, 11) is 0. The first-order chi connectivity index (χ1) is 8.96. The largest absolute Gasteiger partial charge is 0.482 e. The Morgan fingerprint density at radius 3 is 2.47 bits per heavy atom. The van der Waals surface area contributed by atoms with Gasteiger partial charge in [-0.25, -0.2) is 0 Å². The molecule has 0 saturated carbocycles. The van der Waals surface area contributed by atoms with Crippen LogP contribution < -0.4 is 9.47 Å². The molecule has 2 aliphatic rings. The number of para-hydroxylation sites is 2. The Kier molecular flexibility index (Phi) is 2.67. The Balaban J connectivity index is 1.74. The van der Waals surface area contributed by atoms with Gasteiger partial charge < -0.3 is 19.5 Å². The second kappa shape index (κ2) is 4.13. The standard InChI is InChI=1S/C14H17NO4/c1-9-12(13(16)15-7-14(2,17)8-15)19-11-6-4-3-5-10(11)18-9/h3-6,9,12,17H,7-8H2,1-2H3. The van der Waals surface area contributed by atoms with Crippen LogP contribution in [0.25, 0.3) is 0 Å². The second-order valence-electron chi connectivity index (χ2n) is 5.50. The predicted molar refractivity (Wildman–Crippen MR) is 68.2 cm³/mol. The lowest BCUT2D eigenvalue weighted by atomic mass is 9.95. The van der Waals surface area contributed by atoms with E-state index in [1.807, 2.05) is 25.1 Å². The third-order valence-electron chi connectivity index (χ3n) is 3.46. The molecule has 0 aromatic heterocycles. The zero-order valence-corrected chi connectivity index (χ0v) is 11.0. The number of β-amino-alcohol motifs (C(OH)–C–C–N with tert-alkyl or cyclic N) is 1. The van der Waals surface area contributed by atoms with Gasteiger partial charge in [-0.15, -0.1) is 0 Å². The van der Waals surface area contributed by atoms with Crippen molar-refractivity contribution in [3.63, 3.8) is 0 Å². The van der Waals surface area contributed by atoms with Gasteiger partial charge in [0.2, 0.25) is 6.10 Å². The van der Waals surface area contributed by atoms with Crippen molar-refractivity contribution in [2.24, 2.45) is 0 Å². The number of likely N-dealkylation sites (tertiary alicyclic amines) is 1. The Labute approximate surface area is 111 Å². The highest BCUT2D eigenvalue weighted by Crippen LogP contribution is 2.34. The molecular formula is C14H17NO4. The fourth-order valence-electron chi connectivity index (χ4n) is 2.50. The van der Waals surface area contributed by atoms with Crippen LogP contribution in [-0.4, -0.2) is 46.8 Å². The fourth-order valence-corrected chi connectivity index (χ4v) is 2.50. The van der Waals surface area contributed by atoms with Crippen molar-refractivity contribution < 1.29 is 19.4 Å². The molecule has 2 heterocycles. The summed E-state index contributed by atoms with van der Waals surface area (Å²) in [5.41, 5.74) is -0.771. The van der Waals surface area contributed by atoms with E-state index in [2.05, 4.69) is 0 Å². The zero-order chi connectivity index (χ0) is 13.6. The quantitative estimate of drug-likeness (QED) is 0.814. The highest BCUT2D eigenvalue weighted by molar-refractivity contribution is 5.83. The van der Waals surface area contributed by atoms with Gasteiger partial charge in [-0.3, -0.25) is 4.79 Å². The van der Waals surface area contributed by atoms with Crippen LogP contribution in [-0.2, 0) is 4.79 Å². The van der Waals surface area contributed by atoms with E-state index in [9.17, 15) is 9.90 Å². The van der Waals surface area contributed by atoms with Crippen molar-refractivity contribution in [2.45, 2.75) is 31.7 Å². The molecule has 5 heteroatoms. The first kappa shape index (κ1) is 12.3. The summed E-state index contributed by atoms with van der Waals surface area (Å²) in [4.78, 5) is 13.9. The van der Waals surface area contributed by atoms with Crippen molar-refractivity contribution in [1.82, 2.24) is 4.90 Å². The summed E-state index contributed by atoms with van der Waals surface area (Å²) in [6.07, 6.45) is -0.987. The van der Waals surface area contributed by atoms with Gasteiger partial charge in [-0.05, 0) is 26.0 Å². The first-order valence-electron chi connectivity index (χ1n) is 6.40. The zero-order valence-electron chi connectivity index (χ0n) is 11.0. The maximum Gasteiger partial charge on any atom is 0.267 e.